The van der Waals surface area contributed by atoms with E-state index < -0.39 is 10.0 Å². The Bertz CT molecular complexity index is 897. The van der Waals surface area contributed by atoms with E-state index in [4.69, 9.17) is 4.74 Å². The maximum absolute atomic E-state index is 12.6. The molecule has 164 valence electrons. The molecule has 2 aromatic rings. The highest BCUT2D eigenvalue weighted by Gasteiger charge is 2.21. The number of morpholine rings is 1. The van der Waals surface area contributed by atoms with Crippen LogP contribution >= 0.6 is 0 Å². The molecule has 0 bridgehead atoms. The minimum atomic E-state index is -3.44. The number of hydrogen-bond donors (Lipinski definition) is 0. The lowest BCUT2D eigenvalue weighted by molar-refractivity contribution is 0.0226. The third-order valence-electron chi connectivity index (χ3n) is 5.54. The average molecular weight is 432 g/mol. The average Bonchev–Trinajstić information content (AvgIpc) is 2.75. The first-order valence-corrected chi connectivity index (χ1v) is 11.9. The van der Waals surface area contributed by atoms with E-state index in [2.05, 4.69) is 41.0 Å². The fourth-order valence-electron chi connectivity index (χ4n) is 3.71. The summed E-state index contributed by atoms with van der Waals surface area (Å²) in [7, 11) is -0.317. The van der Waals surface area contributed by atoms with Crippen LogP contribution in [0.4, 0.5) is 0 Å². The Morgan fingerprint density at radius 1 is 0.967 bits per heavy atom. The molecule has 0 spiro atoms. The number of hydrogen-bond acceptors (Lipinski definition) is 5. The van der Waals surface area contributed by atoms with Crippen molar-refractivity contribution < 1.29 is 13.2 Å². The highest BCUT2D eigenvalue weighted by atomic mass is 32.2. The van der Waals surface area contributed by atoms with Crippen LogP contribution in [0.25, 0.3) is 0 Å². The Kier molecular flexibility index (Phi) is 8.02. The lowest BCUT2D eigenvalue weighted by Crippen LogP contribution is -2.45. The van der Waals surface area contributed by atoms with E-state index in [9.17, 15) is 8.42 Å². The minimum Gasteiger partial charge on any atom is -0.379 e. The van der Waals surface area contributed by atoms with Crippen molar-refractivity contribution in [3.05, 3.63) is 65.7 Å². The summed E-state index contributed by atoms with van der Waals surface area (Å²) >= 11 is 0. The molecule has 30 heavy (non-hydrogen) atoms. The van der Waals surface area contributed by atoms with E-state index in [1.54, 1.807) is 26.2 Å². The summed E-state index contributed by atoms with van der Waals surface area (Å²) in [6.45, 7) is 8.21. The van der Waals surface area contributed by atoms with Crippen molar-refractivity contribution in [3.63, 3.8) is 0 Å². The summed E-state index contributed by atoms with van der Waals surface area (Å²) in [5.41, 5.74) is 2.26. The van der Waals surface area contributed by atoms with Crippen molar-refractivity contribution >= 4 is 10.0 Å². The zero-order valence-corrected chi connectivity index (χ0v) is 19.0. The fourth-order valence-corrected chi connectivity index (χ4v) is 4.68. The molecule has 0 saturated carbocycles. The Morgan fingerprint density at radius 2 is 1.60 bits per heavy atom. The van der Waals surface area contributed by atoms with Crippen LogP contribution in [-0.2, 0) is 27.8 Å². The first-order chi connectivity index (χ1) is 14.4. The molecule has 1 atom stereocenters. The van der Waals surface area contributed by atoms with Crippen molar-refractivity contribution in [1.29, 1.82) is 0 Å². The van der Waals surface area contributed by atoms with Crippen LogP contribution < -0.4 is 0 Å². The molecule has 0 aromatic heterocycles. The van der Waals surface area contributed by atoms with Gasteiger partial charge < -0.3 is 4.74 Å². The summed E-state index contributed by atoms with van der Waals surface area (Å²) in [5.74, 6) is 0. The number of nitrogens with zero attached hydrogens (tertiary/aromatic N) is 3. The normalized spacial score (nSPS) is 16.8. The maximum atomic E-state index is 12.6. The van der Waals surface area contributed by atoms with Gasteiger partial charge in [0.05, 0.1) is 18.1 Å². The van der Waals surface area contributed by atoms with E-state index in [-0.39, 0.29) is 0 Å². The summed E-state index contributed by atoms with van der Waals surface area (Å²) < 4.78 is 31.8. The van der Waals surface area contributed by atoms with Crippen LogP contribution in [-0.4, -0.2) is 75.5 Å². The SMILES string of the molecule is CC(CN1CCOCC1)N(Cc1ccccc1)Cc1cccc(S(=O)(=O)N(C)C)c1. The smallest absolute Gasteiger partial charge is 0.242 e. The molecule has 3 rings (SSSR count). The molecule has 2 aromatic carbocycles. The third kappa shape index (κ3) is 6.12. The van der Waals surface area contributed by atoms with Gasteiger partial charge >= 0.3 is 0 Å². The zero-order chi connectivity index (χ0) is 21.6. The third-order valence-corrected chi connectivity index (χ3v) is 7.35. The van der Waals surface area contributed by atoms with Crippen LogP contribution in [0.2, 0.25) is 0 Å². The minimum absolute atomic E-state index is 0.317. The van der Waals surface area contributed by atoms with Crippen molar-refractivity contribution in [2.45, 2.75) is 31.0 Å². The van der Waals surface area contributed by atoms with Crippen molar-refractivity contribution in [1.82, 2.24) is 14.1 Å². The zero-order valence-electron chi connectivity index (χ0n) is 18.2. The van der Waals surface area contributed by atoms with Gasteiger partial charge in [0.15, 0.2) is 0 Å². The lowest BCUT2D eigenvalue weighted by Gasteiger charge is -2.35. The molecule has 1 fully saturated rings. The molecule has 7 heteroatoms. The molecule has 1 aliphatic rings. The summed E-state index contributed by atoms with van der Waals surface area (Å²) in [6, 6.07) is 18.1. The molecular formula is C23H33N3O3S. The highest BCUT2D eigenvalue weighted by molar-refractivity contribution is 7.89. The van der Waals surface area contributed by atoms with Crippen LogP contribution in [0.5, 0.6) is 0 Å². The first kappa shape index (κ1) is 22.9. The molecule has 1 unspecified atom stereocenters. The van der Waals surface area contributed by atoms with Gasteiger partial charge in [-0.1, -0.05) is 42.5 Å². The van der Waals surface area contributed by atoms with E-state index in [1.807, 2.05) is 18.2 Å². The van der Waals surface area contributed by atoms with E-state index in [0.717, 1.165) is 45.0 Å². The van der Waals surface area contributed by atoms with E-state index in [0.29, 0.717) is 17.5 Å². The second-order valence-corrected chi connectivity index (χ2v) is 10.2. The number of ether oxygens (including phenoxy) is 1. The monoisotopic (exact) mass is 431 g/mol. The molecule has 1 saturated heterocycles. The highest BCUT2D eigenvalue weighted by Crippen LogP contribution is 2.19. The molecule has 0 amide bonds. The Morgan fingerprint density at radius 3 is 2.27 bits per heavy atom. The van der Waals surface area contributed by atoms with Gasteiger partial charge in [-0.15, -0.1) is 0 Å². The summed E-state index contributed by atoms with van der Waals surface area (Å²) in [5, 5.41) is 0. The van der Waals surface area contributed by atoms with Gasteiger partial charge in [-0.05, 0) is 30.2 Å². The largest absolute Gasteiger partial charge is 0.379 e. The first-order valence-electron chi connectivity index (χ1n) is 10.5. The predicted octanol–water partition coefficient (Wildman–Crippen LogP) is 2.66. The Balaban J connectivity index is 1.79. The molecular weight excluding hydrogens is 398 g/mol. The van der Waals surface area contributed by atoms with Crippen molar-refractivity contribution in [2.24, 2.45) is 0 Å². The van der Waals surface area contributed by atoms with Gasteiger partial charge in [-0.25, -0.2) is 12.7 Å². The molecule has 0 N–H and O–H groups in total. The van der Waals surface area contributed by atoms with Gasteiger partial charge in [-0.2, -0.15) is 0 Å². The maximum Gasteiger partial charge on any atom is 0.242 e. The van der Waals surface area contributed by atoms with Gasteiger partial charge in [0.25, 0.3) is 0 Å². The molecule has 0 radical (unpaired) electrons. The van der Waals surface area contributed by atoms with Crippen LogP contribution in [0.1, 0.15) is 18.1 Å². The van der Waals surface area contributed by atoms with Gasteiger partial charge in [-0.3, -0.25) is 9.80 Å². The van der Waals surface area contributed by atoms with Crippen LogP contribution in [0.15, 0.2) is 59.5 Å². The number of sulfonamides is 1. The van der Waals surface area contributed by atoms with Gasteiger partial charge in [0.1, 0.15) is 0 Å². The van der Waals surface area contributed by atoms with Crippen LogP contribution in [0.3, 0.4) is 0 Å². The van der Waals surface area contributed by atoms with Gasteiger partial charge in [0, 0.05) is 52.9 Å². The second kappa shape index (κ2) is 10.5. The van der Waals surface area contributed by atoms with Crippen LogP contribution in [0, 0.1) is 0 Å². The molecule has 1 aliphatic heterocycles. The van der Waals surface area contributed by atoms with Gasteiger partial charge in [0.2, 0.25) is 10.0 Å². The molecule has 6 nitrogen and oxygen atoms in total. The van der Waals surface area contributed by atoms with E-state index >= 15 is 0 Å². The summed E-state index contributed by atoms with van der Waals surface area (Å²) in [4.78, 5) is 5.20. The molecule has 1 heterocycles. The summed E-state index contributed by atoms with van der Waals surface area (Å²) in [6.07, 6.45) is 0. The number of rotatable bonds is 9. The van der Waals surface area contributed by atoms with Crippen molar-refractivity contribution in [3.8, 4) is 0 Å². The van der Waals surface area contributed by atoms with E-state index in [1.165, 1.54) is 9.87 Å². The lowest BCUT2D eigenvalue weighted by atomic mass is 10.1. The Hall–Kier alpha value is -1.77. The standard InChI is InChI=1S/C23H33N3O3S/c1-20(17-25-12-14-29-15-13-25)26(18-21-8-5-4-6-9-21)19-22-10-7-11-23(16-22)30(27,28)24(2)3/h4-11,16,20H,12-15,17-19H2,1-3H3. The quantitative estimate of drug-likeness (QED) is 0.611. The fraction of sp³-hybridized carbons (Fsp3) is 0.478. The predicted molar refractivity (Wildman–Crippen MR) is 120 cm³/mol. The topological polar surface area (TPSA) is 53.1 Å². The number of benzene rings is 2. The second-order valence-electron chi connectivity index (χ2n) is 8.09. The molecule has 0 aliphatic carbocycles. The van der Waals surface area contributed by atoms with Crippen molar-refractivity contribution in [2.75, 3.05) is 46.9 Å². The Labute approximate surface area is 181 Å².